The summed E-state index contributed by atoms with van der Waals surface area (Å²) < 4.78 is 46.4. The molecule has 0 saturated carbocycles. The standard InChI is InChI=1S/C19H15BrF2O5/c1-24-15-6-10(7-16(25-2)18(15)27-19(21)22)5-11-9-26-14-4-3-12(20)8-13(14)17(11)23/h3-8,19H,9H2,1-2H3/b11-5-. The molecule has 0 aliphatic carbocycles. The van der Waals surface area contributed by atoms with Crippen LogP contribution < -0.4 is 18.9 Å². The van der Waals surface area contributed by atoms with Crippen molar-refractivity contribution in [1.82, 2.24) is 0 Å². The molecule has 0 spiro atoms. The van der Waals surface area contributed by atoms with Crippen LogP contribution in [0, 0.1) is 0 Å². The fourth-order valence-electron chi connectivity index (χ4n) is 2.70. The molecule has 0 aromatic heterocycles. The third-order valence-corrected chi connectivity index (χ3v) is 4.39. The van der Waals surface area contributed by atoms with Gasteiger partial charge in [-0.1, -0.05) is 15.9 Å². The van der Waals surface area contributed by atoms with E-state index in [4.69, 9.17) is 14.2 Å². The highest BCUT2D eigenvalue weighted by atomic mass is 79.9. The molecule has 0 bridgehead atoms. The topological polar surface area (TPSA) is 54.0 Å². The van der Waals surface area contributed by atoms with Crippen molar-refractivity contribution in [2.75, 3.05) is 20.8 Å². The van der Waals surface area contributed by atoms with Crippen LogP contribution in [-0.4, -0.2) is 33.2 Å². The zero-order valence-electron chi connectivity index (χ0n) is 14.4. The van der Waals surface area contributed by atoms with Gasteiger partial charge in [-0.3, -0.25) is 4.79 Å². The number of carbonyl (C=O) groups is 1. The van der Waals surface area contributed by atoms with Crippen molar-refractivity contribution in [3.63, 3.8) is 0 Å². The van der Waals surface area contributed by atoms with Crippen LogP contribution in [0.15, 0.2) is 40.4 Å². The highest BCUT2D eigenvalue weighted by Crippen LogP contribution is 2.40. The van der Waals surface area contributed by atoms with Gasteiger partial charge in [0.1, 0.15) is 12.4 Å². The molecule has 27 heavy (non-hydrogen) atoms. The van der Waals surface area contributed by atoms with E-state index >= 15 is 0 Å². The monoisotopic (exact) mass is 440 g/mol. The molecule has 0 unspecified atom stereocenters. The molecule has 0 N–H and O–H groups in total. The molecule has 2 aromatic carbocycles. The van der Waals surface area contributed by atoms with Crippen molar-refractivity contribution in [3.8, 4) is 23.0 Å². The largest absolute Gasteiger partial charge is 0.493 e. The van der Waals surface area contributed by atoms with Gasteiger partial charge in [-0.05, 0) is 42.0 Å². The van der Waals surface area contributed by atoms with Gasteiger partial charge in [-0.25, -0.2) is 0 Å². The Balaban J connectivity index is 2.01. The second kappa shape index (κ2) is 7.96. The van der Waals surface area contributed by atoms with E-state index in [0.717, 1.165) is 4.47 Å². The molecule has 1 aliphatic rings. The average Bonchev–Trinajstić information content (AvgIpc) is 2.64. The smallest absolute Gasteiger partial charge is 0.387 e. The Morgan fingerprint density at radius 2 is 1.81 bits per heavy atom. The van der Waals surface area contributed by atoms with E-state index in [1.54, 1.807) is 24.3 Å². The molecule has 1 aliphatic heterocycles. The number of rotatable bonds is 5. The van der Waals surface area contributed by atoms with E-state index in [9.17, 15) is 13.6 Å². The minimum absolute atomic E-state index is 0.0637. The molecule has 8 heteroatoms. The maximum Gasteiger partial charge on any atom is 0.387 e. The summed E-state index contributed by atoms with van der Waals surface area (Å²) in [6.45, 7) is -2.94. The van der Waals surface area contributed by atoms with Crippen LogP contribution in [0.1, 0.15) is 15.9 Å². The lowest BCUT2D eigenvalue weighted by Crippen LogP contribution is -2.19. The first-order valence-corrected chi connectivity index (χ1v) is 8.60. The second-order valence-electron chi connectivity index (χ2n) is 5.56. The van der Waals surface area contributed by atoms with Gasteiger partial charge in [0, 0.05) is 10.0 Å². The van der Waals surface area contributed by atoms with Crippen LogP contribution in [0.4, 0.5) is 8.78 Å². The van der Waals surface area contributed by atoms with Gasteiger partial charge in [0.05, 0.1) is 19.8 Å². The number of hydrogen-bond donors (Lipinski definition) is 0. The molecule has 1 heterocycles. The number of alkyl halides is 2. The van der Waals surface area contributed by atoms with E-state index in [0.29, 0.717) is 22.4 Å². The number of fused-ring (bicyclic) bond motifs is 1. The molecular weight excluding hydrogens is 426 g/mol. The SMILES string of the molecule is COc1cc(/C=C2/COc3ccc(Br)cc3C2=O)cc(OC)c1OC(F)F. The summed E-state index contributed by atoms with van der Waals surface area (Å²) >= 11 is 3.33. The van der Waals surface area contributed by atoms with Gasteiger partial charge >= 0.3 is 6.61 Å². The maximum absolute atomic E-state index is 12.7. The van der Waals surface area contributed by atoms with Crippen LogP contribution in [0.3, 0.4) is 0 Å². The van der Waals surface area contributed by atoms with Gasteiger partial charge in [0.15, 0.2) is 17.3 Å². The van der Waals surface area contributed by atoms with Crippen LogP contribution in [0.5, 0.6) is 23.0 Å². The number of methoxy groups -OCH3 is 2. The molecule has 0 amide bonds. The van der Waals surface area contributed by atoms with Crippen molar-refractivity contribution in [2.24, 2.45) is 0 Å². The highest BCUT2D eigenvalue weighted by molar-refractivity contribution is 9.10. The maximum atomic E-state index is 12.7. The Kier molecular flexibility index (Phi) is 5.65. The fourth-order valence-corrected chi connectivity index (χ4v) is 3.06. The summed E-state index contributed by atoms with van der Waals surface area (Å²) in [6, 6.07) is 8.16. The molecule has 142 valence electrons. The average molecular weight is 441 g/mol. The number of hydrogen-bond acceptors (Lipinski definition) is 5. The van der Waals surface area contributed by atoms with Gasteiger partial charge in [0.2, 0.25) is 5.75 Å². The van der Waals surface area contributed by atoms with E-state index < -0.39 is 6.61 Å². The quantitative estimate of drug-likeness (QED) is 0.629. The number of ether oxygens (including phenoxy) is 4. The van der Waals surface area contributed by atoms with Crippen molar-refractivity contribution in [1.29, 1.82) is 0 Å². The van der Waals surface area contributed by atoms with Crippen LogP contribution >= 0.6 is 15.9 Å². The van der Waals surface area contributed by atoms with E-state index in [-0.39, 0.29) is 29.6 Å². The second-order valence-corrected chi connectivity index (χ2v) is 6.48. The molecule has 2 aromatic rings. The lowest BCUT2D eigenvalue weighted by atomic mass is 9.98. The van der Waals surface area contributed by atoms with Crippen LogP contribution in [-0.2, 0) is 0 Å². The zero-order valence-corrected chi connectivity index (χ0v) is 16.0. The molecule has 3 rings (SSSR count). The first-order valence-electron chi connectivity index (χ1n) is 7.81. The summed E-state index contributed by atoms with van der Waals surface area (Å²) in [6.07, 6.45) is 1.60. The third-order valence-electron chi connectivity index (χ3n) is 3.89. The Bertz CT molecular complexity index is 886. The van der Waals surface area contributed by atoms with Crippen LogP contribution in [0.2, 0.25) is 0 Å². The number of carbonyl (C=O) groups excluding carboxylic acids is 1. The lowest BCUT2D eigenvalue weighted by Gasteiger charge is -2.19. The van der Waals surface area contributed by atoms with Crippen molar-refractivity contribution in [3.05, 3.63) is 51.5 Å². The van der Waals surface area contributed by atoms with E-state index in [2.05, 4.69) is 20.7 Å². The van der Waals surface area contributed by atoms with Gasteiger partial charge < -0.3 is 18.9 Å². The highest BCUT2D eigenvalue weighted by Gasteiger charge is 2.24. The first kappa shape index (κ1) is 19.2. The molecule has 0 saturated heterocycles. The summed E-state index contributed by atoms with van der Waals surface area (Å²) in [5, 5.41) is 0. The van der Waals surface area contributed by atoms with Gasteiger partial charge in [0.25, 0.3) is 0 Å². The minimum atomic E-state index is -3.03. The van der Waals surface area contributed by atoms with Crippen LogP contribution in [0.25, 0.3) is 6.08 Å². The van der Waals surface area contributed by atoms with Crippen molar-refractivity contribution >= 4 is 27.8 Å². The summed E-state index contributed by atoms with van der Waals surface area (Å²) in [7, 11) is 2.65. The van der Waals surface area contributed by atoms with Crippen molar-refractivity contribution < 1.29 is 32.5 Å². The summed E-state index contributed by atoms with van der Waals surface area (Å²) in [4.78, 5) is 12.7. The Labute approximate surface area is 162 Å². The van der Waals surface area contributed by atoms with Gasteiger partial charge in [-0.15, -0.1) is 0 Å². The Morgan fingerprint density at radius 1 is 1.15 bits per heavy atom. The Morgan fingerprint density at radius 3 is 2.41 bits per heavy atom. The minimum Gasteiger partial charge on any atom is -0.493 e. The predicted molar refractivity (Wildman–Crippen MR) is 98.1 cm³/mol. The zero-order chi connectivity index (χ0) is 19.6. The van der Waals surface area contributed by atoms with E-state index in [1.165, 1.54) is 26.4 Å². The Hall–Kier alpha value is -2.61. The molecular formula is C19H15BrF2O5. The van der Waals surface area contributed by atoms with Crippen molar-refractivity contribution in [2.45, 2.75) is 6.61 Å². The number of ketones is 1. The number of halogens is 3. The fraction of sp³-hybridized carbons (Fsp3) is 0.211. The molecule has 0 radical (unpaired) electrons. The lowest BCUT2D eigenvalue weighted by molar-refractivity contribution is -0.0526. The molecule has 5 nitrogen and oxygen atoms in total. The third kappa shape index (κ3) is 4.05. The number of benzene rings is 2. The first-order chi connectivity index (χ1) is 12.9. The van der Waals surface area contributed by atoms with E-state index in [1.807, 2.05) is 0 Å². The van der Waals surface area contributed by atoms with Gasteiger partial charge in [-0.2, -0.15) is 8.78 Å². The molecule has 0 atom stereocenters. The number of Topliss-reactive ketones (excluding diaryl/α,β-unsaturated/α-hetero) is 1. The summed E-state index contributed by atoms with van der Waals surface area (Å²) in [5.74, 6) is 0.250. The predicted octanol–water partition coefficient (Wildman–Crippen LogP) is 4.73. The molecule has 0 fully saturated rings. The summed E-state index contributed by atoms with van der Waals surface area (Å²) in [5.41, 5.74) is 1.38. The normalized spacial score (nSPS) is 14.7.